The number of benzene rings is 2. The van der Waals surface area contributed by atoms with E-state index in [0.29, 0.717) is 11.5 Å². The molecule has 0 unspecified atom stereocenters. The fourth-order valence-electron chi connectivity index (χ4n) is 2.32. The van der Waals surface area contributed by atoms with Gasteiger partial charge in [-0.2, -0.15) is 9.62 Å². The fourth-order valence-corrected chi connectivity index (χ4v) is 2.32. The maximum atomic E-state index is 4.30. The van der Waals surface area contributed by atoms with Gasteiger partial charge in [0.1, 0.15) is 6.33 Å². The van der Waals surface area contributed by atoms with Crippen LogP contribution in [0.5, 0.6) is 0 Å². The van der Waals surface area contributed by atoms with E-state index >= 15 is 0 Å². The molecule has 0 bridgehead atoms. The molecule has 2 heterocycles. The number of nitrogens with one attached hydrogen (secondary N) is 1. The Morgan fingerprint density at radius 3 is 2.91 bits per heavy atom. The number of nitrogens with zero attached hydrogens (tertiary/aromatic N) is 5. The zero-order valence-electron chi connectivity index (χ0n) is 11.6. The molecule has 0 aliphatic heterocycles. The van der Waals surface area contributed by atoms with Gasteiger partial charge < -0.3 is 0 Å². The molecule has 0 amide bonds. The van der Waals surface area contributed by atoms with E-state index in [4.69, 9.17) is 0 Å². The van der Waals surface area contributed by atoms with Crippen LogP contribution in [0.15, 0.2) is 66.0 Å². The minimum atomic E-state index is 0.629. The Morgan fingerprint density at radius 1 is 1.00 bits per heavy atom. The third-order valence-corrected chi connectivity index (χ3v) is 3.37. The summed E-state index contributed by atoms with van der Waals surface area (Å²) >= 11 is 0. The highest BCUT2D eigenvalue weighted by molar-refractivity contribution is 5.99. The third kappa shape index (κ3) is 2.26. The summed E-state index contributed by atoms with van der Waals surface area (Å²) in [5, 5.41) is 18.6. The highest BCUT2D eigenvalue weighted by Gasteiger charge is 1.99. The minimum Gasteiger partial charge on any atom is -0.260 e. The first-order valence-corrected chi connectivity index (χ1v) is 6.84. The summed E-state index contributed by atoms with van der Waals surface area (Å²) in [5.41, 5.74) is 4.67. The lowest BCUT2D eigenvalue weighted by atomic mass is 10.1. The van der Waals surface area contributed by atoms with Crippen LogP contribution in [0.4, 0.5) is 5.82 Å². The van der Waals surface area contributed by atoms with Crippen molar-refractivity contribution in [2.24, 2.45) is 5.10 Å². The van der Waals surface area contributed by atoms with Crippen LogP contribution < -0.4 is 5.43 Å². The Balaban J connectivity index is 1.60. The van der Waals surface area contributed by atoms with Crippen LogP contribution in [-0.4, -0.2) is 26.0 Å². The first-order valence-electron chi connectivity index (χ1n) is 6.84. The molecule has 4 aromatic rings. The molecule has 0 saturated heterocycles. The van der Waals surface area contributed by atoms with Gasteiger partial charge >= 0.3 is 0 Å². The van der Waals surface area contributed by atoms with Gasteiger partial charge in [0.15, 0.2) is 11.5 Å². The maximum absolute atomic E-state index is 4.30. The van der Waals surface area contributed by atoms with Gasteiger partial charge in [-0.25, -0.2) is 0 Å². The zero-order chi connectivity index (χ0) is 14.8. The van der Waals surface area contributed by atoms with Crippen LogP contribution in [0, 0.1) is 0 Å². The monoisotopic (exact) mass is 288 g/mol. The van der Waals surface area contributed by atoms with Crippen LogP contribution >= 0.6 is 0 Å². The zero-order valence-corrected chi connectivity index (χ0v) is 11.6. The molecule has 0 aliphatic carbocycles. The summed E-state index contributed by atoms with van der Waals surface area (Å²) in [7, 11) is 0. The van der Waals surface area contributed by atoms with Crippen molar-refractivity contribution in [2.45, 2.75) is 0 Å². The quantitative estimate of drug-likeness (QED) is 0.465. The van der Waals surface area contributed by atoms with Gasteiger partial charge in [-0.3, -0.25) is 5.43 Å². The van der Waals surface area contributed by atoms with Crippen molar-refractivity contribution in [3.63, 3.8) is 0 Å². The Kier molecular flexibility index (Phi) is 2.97. The Morgan fingerprint density at radius 2 is 1.91 bits per heavy atom. The normalized spacial score (nSPS) is 11.5. The van der Waals surface area contributed by atoms with E-state index in [9.17, 15) is 0 Å². The molecule has 22 heavy (non-hydrogen) atoms. The van der Waals surface area contributed by atoms with Gasteiger partial charge in [-0.1, -0.05) is 42.5 Å². The van der Waals surface area contributed by atoms with E-state index in [1.54, 1.807) is 17.1 Å². The summed E-state index contributed by atoms with van der Waals surface area (Å²) in [5.74, 6) is 0.629. The van der Waals surface area contributed by atoms with Gasteiger partial charge in [-0.05, 0) is 22.9 Å². The number of fused-ring (bicyclic) bond motifs is 2. The Labute approximate surface area is 126 Å². The fraction of sp³-hybridized carbons (Fsp3) is 0. The lowest BCUT2D eigenvalue weighted by Crippen LogP contribution is -1.98. The van der Waals surface area contributed by atoms with E-state index < -0.39 is 0 Å². The molecular formula is C16H12N6. The van der Waals surface area contributed by atoms with Crippen molar-refractivity contribution in [2.75, 3.05) is 5.43 Å². The van der Waals surface area contributed by atoms with Crippen LogP contribution in [0.2, 0.25) is 0 Å². The Hall–Kier alpha value is -3.28. The van der Waals surface area contributed by atoms with Gasteiger partial charge in [0, 0.05) is 5.56 Å². The predicted octanol–water partition coefficient (Wildman–Crippen LogP) is 2.72. The molecular weight excluding hydrogens is 276 g/mol. The van der Waals surface area contributed by atoms with Crippen molar-refractivity contribution in [3.05, 3.63) is 66.5 Å². The second-order valence-electron chi connectivity index (χ2n) is 4.79. The van der Waals surface area contributed by atoms with Gasteiger partial charge in [0.05, 0.1) is 6.21 Å². The van der Waals surface area contributed by atoms with Crippen molar-refractivity contribution in [3.8, 4) is 0 Å². The van der Waals surface area contributed by atoms with E-state index in [1.807, 2.05) is 36.4 Å². The summed E-state index contributed by atoms with van der Waals surface area (Å²) in [6, 6.07) is 18.0. The predicted molar refractivity (Wildman–Crippen MR) is 85.9 cm³/mol. The molecule has 4 rings (SSSR count). The third-order valence-electron chi connectivity index (χ3n) is 3.37. The molecule has 6 heteroatoms. The summed E-state index contributed by atoms with van der Waals surface area (Å²) in [6.07, 6.45) is 3.34. The lowest BCUT2D eigenvalue weighted by molar-refractivity contribution is 0.925. The van der Waals surface area contributed by atoms with E-state index in [2.05, 4.69) is 44.0 Å². The molecule has 6 nitrogen and oxygen atoms in total. The number of hydrogen-bond donors (Lipinski definition) is 1. The molecule has 2 aromatic heterocycles. The Bertz CT molecular complexity index is 967. The number of hydrazone groups is 1. The largest absolute Gasteiger partial charge is 0.260 e. The van der Waals surface area contributed by atoms with Crippen molar-refractivity contribution in [1.82, 2.24) is 19.8 Å². The molecule has 106 valence electrons. The van der Waals surface area contributed by atoms with Crippen LogP contribution in [0.25, 0.3) is 16.4 Å². The molecule has 0 saturated carbocycles. The van der Waals surface area contributed by atoms with Crippen LogP contribution in [0.3, 0.4) is 0 Å². The van der Waals surface area contributed by atoms with E-state index in [0.717, 1.165) is 10.9 Å². The van der Waals surface area contributed by atoms with Crippen molar-refractivity contribution < 1.29 is 0 Å². The second-order valence-corrected chi connectivity index (χ2v) is 4.79. The number of anilines is 1. The average Bonchev–Trinajstić information content (AvgIpc) is 3.03. The highest BCUT2D eigenvalue weighted by Crippen LogP contribution is 2.16. The number of hydrogen-bond acceptors (Lipinski definition) is 5. The molecule has 0 fully saturated rings. The molecule has 0 radical (unpaired) electrons. The molecule has 0 aliphatic rings. The van der Waals surface area contributed by atoms with Crippen molar-refractivity contribution >= 4 is 28.5 Å². The van der Waals surface area contributed by atoms with E-state index in [1.165, 1.54) is 5.39 Å². The first-order chi connectivity index (χ1) is 10.9. The summed E-state index contributed by atoms with van der Waals surface area (Å²) < 4.78 is 1.59. The first kappa shape index (κ1) is 12.5. The molecule has 1 N–H and O–H groups in total. The van der Waals surface area contributed by atoms with Crippen molar-refractivity contribution in [1.29, 1.82) is 0 Å². The lowest BCUT2D eigenvalue weighted by Gasteiger charge is -2.02. The van der Waals surface area contributed by atoms with Crippen LogP contribution in [0.1, 0.15) is 5.56 Å². The minimum absolute atomic E-state index is 0.629. The maximum Gasteiger partial charge on any atom is 0.177 e. The van der Waals surface area contributed by atoms with Gasteiger partial charge in [-0.15, -0.1) is 15.3 Å². The number of rotatable bonds is 3. The summed E-state index contributed by atoms with van der Waals surface area (Å²) in [4.78, 5) is 0. The van der Waals surface area contributed by atoms with E-state index in [-0.39, 0.29) is 0 Å². The smallest absolute Gasteiger partial charge is 0.177 e. The van der Waals surface area contributed by atoms with Gasteiger partial charge in [0.25, 0.3) is 0 Å². The number of aromatic nitrogens is 4. The van der Waals surface area contributed by atoms with Gasteiger partial charge in [0.2, 0.25) is 0 Å². The highest BCUT2D eigenvalue weighted by atomic mass is 15.4. The molecule has 2 aromatic carbocycles. The molecule has 0 spiro atoms. The average molecular weight is 288 g/mol. The second kappa shape index (κ2) is 5.25. The standard InChI is InChI=1S/C16H12N6/c1-2-7-14-12(4-1)5-3-6-13(14)10-17-19-15-8-9-16-20-18-11-22(16)21-15/h1-11H,(H,19,21)/b17-10+. The SMILES string of the molecule is C(=N\Nc1ccc2nncn2n1)/c1cccc2ccccc12. The topological polar surface area (TPSA) is 67.5 Å². The molecule has 0 atom stereocenters. The van der Waals surface area contributed by atoms with Crippen LogP contribution in [-0.2, 0) is 0 Å². The summed E-state index contributed by atoms with van der Waals surface area (Å²) in [6.45, 7) is 0.